The van der Waals surface area contributed by atoms with Crippen LogP contribution in [0, 0.1) is 0 Å². The Morgan fingerprint density at radius 2 is 1.39 bits per heavy atom. The van der Waals surface area contributed by atoms with E-state index in [1.165, 1.54) is 12.3 Å². The first kappa shape index (κ1) is 25.5. The first-order chi connectivity index (χ1) is 18.5. The Morgan fingerprint density at radius 1 is 0.842 bits per heavy atom. The zero-order valence-electron chi connectivity index (χ0n) is 20.9. The lowest BCUT2D eigenvalue weighted by molar-refractivity contribution is -0.0905. The van der Waals surface area contributed by atoms with Crippen molar-refractivity contribution in [2.75, 3.05) is 20.8 Å². The van der Waals surface area contributed by atoms with Crippen LogP contribution in [0.4, 0.5) is 0 Å². The van der Waals surface area contributed by atoms with Crippen LogP contribution in [-0.4, -0.2) is 47.7 Å². The standard InChI is InChI=1S/C29H28N2O7/c1-35-22-12-8-20(9-13-22)29(19-6-4-3-5-7-19,21-10-14-23(36-2)15-11-21)38-24-18-37-27(26(24)33)31-17-16-25(32)30-28(31)34/h3-17,24,26-27,33H,18H2,1-2H3,(H,30,32,34)/t24-,26?,27+/m0/s1. The predicted octanol–water partition coefficient (Wildman–Crippen LogP) is 2.82. The lowest BCUT2D eigenvalue weighted by Gasteiger charge is -2.38. The number of nitrogens with one attached hydrogen (secondary N) is 1. The average molecular weight is 517 g/mol. The number of rotatable bonds is 8. The van der Waals surface area contributed by atoms with E-state index >= 15 is 0 Å². The van der Waals surface area contributed by atoms with Crippen LogP contribution < -0.4 is 20.7 Å². The number of ether oxygens (including phenoxy) is 4. The van der Waals surface area contributed by atoms with Gasteiger partial charge in [0, 0.05) is 12.3 Å². The minimum absolute atomic E-state index is 0.0122. The second kappa shape index (κ2) is 10.7. The summed E-state index contributed by atoms with van der Waals surface area (Å²) in [6, 6.07) is 26.0. The molecule has 4 aromatic rings. The van der Waals surface area contributed by atoms with E-state index < -0.39 is 35.3 Å². The Labute approximate surface area is 218 Å². The molecule has 1 aromatic heterocycles. The Balaban J connectivity index is 1.63. The topological polar surface area (TPSA) is 112 Å². The van der Waals surface area contributed by atoms with Gasteiger partial charge in [-0.1, -0.05) is 54.6 Å². The van der Waals surface area contributed by atoms with Crippen molar-refractivity contribution in [3.63, 3.8) is 0 Å². The summed E-state index contributed by atoms with van der Waals surface area (Å²) in [6.45, 7) is 0.0122. The second-order valence-corrected chi connectivity index (χ2v) is 8.89. The van der Waals surface area contributed by atoms with E-state index in [9.17, 15) is 14.7 Å². The minimum atomic E-state index is -1.21. The number of nitrogens with zero attached hydrogens (tertiary/aromatic N) is 1. The van der Waals surface area contributed by atoms with E-state index in [2.05, 4.69) is 4.98 Å². The van der Waals surface area contributed by atoms with Crippen LogP contribution in [0.15, 0.2) is 101 Å². The van der Waals surface area contributed by atoms with E-state index in [4.69, 9.17) is 18.9 Å². The highest BCUT2D eigenvalue weighted by molar-refractivity contribution is 5.49. The molecule has 9 heteroatoms. The van der Waals surface area contributed by atoms with Crippen LogP contribution in [0.25, 0.3) is 0 Å². The van der Waals surface area contributed by atoms with Crippen LogP contribution in [0.2, 0.25) is 0 Å². The molecule has 1 aliphatic rings. The van der Waals surface area contributed by atoms with Gasteiger partial charge in [-0.15, -0.1) is 0 Å². The number of aromatic nitrogens is 2. The summed E-state index contributed by atoms with van der Waals surface area (Å²) in [4.78, 5) is 26.1. The molecule has 5 rings (SSSR count). The maximum atomic E-state index is 12.4. The molecule has 2 heterocycles. The van der Waals surface area contributed by atoms with Gasteiger partial charge in [0.2, 0.25) is 0 Å². The summed E-state index contributed by atoms with van der Waals surface area (Å²) in [7, 11) is 3.20. The fourth-order valence-corrected chi connectivity index (χ4v) is 4.81. The van der Waals surface area contributed by atoms with Crippen LogP contribution in [-0.2, 0) is 15.1 Å². The van der Waals surface area contributed by atoms with Gasteiger partial charge in [-0.2, -0.15) is 0 Å². The Hall–Kier alpha value is -4.18. The molecule has 0 amide bonds. The minimum Gasteiger partial charge on any atom is -0.497 e. The maximum Gasteiger partial charge on any atom is 0.330 e. The van der Waals surface area contributed by atoms with Gasteiger partial charge < -0.3 is 24.1 Å². The third-order valence-corrected chi connectivity index (χ3v) is 6.73. The van der Waals surface area contributed by atoms with E-state index in [-0.39, 0.29) is 6.61 Å². The van der Waals surface area contributed by atoms with Crippen LogP contribution in [0.1, 0.15) is 22.9 Å². The quantitative estimate of drug-likeness (QED) is 0.347. The number of aliphatic hydroxyl groups excluding tert-OH is 1. The van der Waals surface area contributed by atoms with Gasteiger partial charge in [0.25, 0.3) is 5.56 Å². The summed E-state index contributed by atoms with van der Waals surface area (Å²) < 4.78 is 24.6. The van der Waals surface area contributed by atoms with Gasteiger partial charge in [0.1, 0.15) is 29.3 Å². The molecule has 1 saturated heterocycles. The number of aromatic amines is 1. The van der Waals surface area contributed by atoms with Crippen molar-refractivity contribution >= 4 is 0 Å². The average Bonchev–Trinajstić information content (AvgIpc) is 3.31. The molecule has 0 saturated carbocycles. The number of methoxy groups -OCH3 is 2. The van der Waals surface area contributed by atoms with Crippen molar-refractivity contribution in [3.8, 4) is 11.5 Å². The van der Waals surface area contributed by atoms with E-state index in [0.717, 1.165) is 21.3 Å². The fourth-order valence-electron chi connectivity index (χ4n) is 4.81. The van der Waals surface area contributed by atoms with Crippen molar-refractivity contribution in [2.45, 2.75) is 24.0 Å². The Kier molecular flexibility index (Phi) is 7.15. The molecule has 0 radical (unpaired) electrons. The number of hydrogen-bond acceptors (Lipinski definition) is 7. The Bertz CT molecular complexity index is 1430. The summed E-state index contributed by atoms with van der Waals surface area (Å²) in [5.41, 5.74) is 0.0420. The molecule has 3 atom stereocenters. The van der Waals surface area contributed by atoms with E-state index in [1.54, 1.807) is 14.2 Å². The lowest BCUT2D eigenvalue weighted by atomic mass is 9.79. The monoisotopic (exact) mass is 516 g/mol. The molecule has 0 aliphatic carbocycles. The summed E-state index contributed by atoms with van der Waals surface area (Å²) in [6.07, 6.45) is -1.78. The second-order valence-electron chi connectivity index (χ2n) is 8.89. The summed E-state index contributed by atoms with van der Waals surface area (Å²) in [5.74, 6) is 1.37. The number of hydrogen-bond donors (Lipinski definition) is 2. The normalized spacial score (nSPS) is 19.3. The van der Waals surface area contributed by atoms with Gasteiger partial charge >= 0.3 is 5.69 Å². The highest BCUT2D eigenvalue weighted by Crippen LogP contribution is 2.44. The molecule has 1 aliphatic heterocycles. The Morgan fingerprint density at radius 3 is 1.92 bits per heavy atom. The lowest BCUT2D eigenvalue weighted by Crippen LogP contribution is -2.43. The summed E-state index contributed by atoms with van der Waals surface area (Å²) >= 11 is 0. The van der Waals surface area contributed by atoms with Gasteiger partial charge in [-0.3, -0.25) is 14.3 Å². The first-order valence-corrected chi connectivity index (χ1v) is 12.1. The van der Waals surface area contributed by atoms with Crippen molar-refractivity contribution in [1.82, 2.24) is 9.55 Å². The number of H-pyrrole nitrogens is 1. The van der Waals surface area contributed by atoms with Crippen molar-refractivity contribution < 1.29 is 24.1 Å². The van der Waals surface area contributed by atoms with Gasteiger partial charge in [-0.05, 0) is 41.0 Å². The first-order valence-electron chi connectivity index (χ1n) is 12.1. The third-order valence-electron chi connectivity index (χ3n) is 6.73. The number of benzene rings is 3. The predicted molar refractivity (Wildman–Crippen MR) is 140 cm³/mol. The zero-order chi connectivity index (χ0) is 26.7. The van der Waals surface area contributed by atoms with Gasteiger partial charge in [0.05, 0.1) is 20.8 Å². The van der Waals surface area contributed by atoms with Crippen LogP contribution in [0.3, 0.4) is 0 Å². The third kappa shape index (κ3) is 4.63. The molecule has 0 spiro atoms. The molecule has 38 heavy (non-hydrogen) atoms. The van der Waals surface area contributed by atoms with Gasteiger partial charge in [-0.25, -0.2) is 4.79 Å². The molecule has 0 bridgehead atoms. The molecule has 2 N–H and O–H groups in total. The molecule has 9 nitrogen and oxygen atoms in total. The highest BCUT2D eigenvalue weighted by Gasteiger charge is 2.46. The van der Waals surface area contributed by atoms with E-state index in [0.29, 0.717) is 11.5 Å². The fraction of sp³-hybridized carbons (Fsp3) is 0.241. The smallest absolute Gasteiger partial charge is 0.330 e. The van der Waals surface area contributed by atoms with Crippen molar-refractivity contribution in [2.24, 2.45) is 0 Å². The van der Waals surface area contributed by atoms with E-state index in [1.807, 2.05) is 78.9 Å². The molecular formula is C29H28N2O7. The number of aliphatic hydroxyl groups is 1. The summed E-state index contributed by atoms with van der Waals surface area (Å²) in [5, 5.41) is 11.3. The molecule has 1 fully saturated rings. The highest BCUT2D eigenvalue weighted by atomic mass is 16.6. The molecule has 1 unspecified atom stereocenters. The van der Waals surface area contributed by atoms with Crippen molar-refractivity contribution in [1.29, 1.82) is 0 Å². The largest absolute Gasteiger partial charge is 0.497 e. The van der Waals surface area contributed by atoms with Crippen LogP contribution >= 0.6 is 0 Å². The van der Waals surface area contributed by atoms with Crippen LogP contribution in [0.5, 0.6) is 11.5 Å². The van der Waals surface area contributed by atoms with Crippen molar-refractivity contribution in [3.05, 3.63) is 129 Å². The zero-order valence-corrected chi connectivity index (χ0v) is 20.9. The van der Waals surface area contributed by atoms with Gasteiger partial charge in [0.15, 0.2) is 6.23 Å². The SMILES string of the molecule is COc1ccc(C(O[C@H]2CO[C@@H](n3ccc(=O)[nH]c3=O)C2O)(c2ccccc2)c2ccc(OC)cc2)cc1. The molecular weight excluding hydrogens is 488 g/mol. The molecule has 3 aromatic carbocycles. The maximum absolute atomic E-state index is 12.4. The molecule has 196 valence electrons.